The number of ether oxygens (including phenoxy) is 1. The second-order valence-corrected chi connectivity index (χ2v) is 5.36. The van der Waals surface area contributed by atoms with Crippen LogP contribution in [0.15, 0.2) is 24.3 Å². The minimum Gasteiger partial charge on any atom is -0.496 e. The lowest BCUT2D eigenvalue weighted by Gasteiger charge is -2.43. The van der Waals surface area contributed by atoms with Gasteiger partial charge in [-0.05, 0) is 25.3 Å². The summed E-state index contributed by atoms with van der Waals surface area (Å²) in [5, 5.41) is 3.08. The molecule has 1 fully saturated rings. The Labute approximate surface area is 115 Å². The van der Waals surface area contributed by atoms with E-state index in [9.17, 15) is 4.79 Å². The van der Waals surface area contributed by atoms with E-state index in [-0.39, 0.29) is 11.3 Å². The third-order valence-electron chi connectivity index (χ3n) is 4.09. The summed E-state index contributed by atoms with van der Waals surface area (Å²) in [5.74, 6) is 1.09. The number of benzene rings is 1. The van der Waals surface area contributed by atoms with E-state index in [1.165, 1.54) is 12.0 Å². The van der Waals surface area contributed by atoms with Crippen LogP contribution in [0.25, 0.3) is 0 Å². The standard InChI is InChI=1S/C16H23NO2/c1-3-7-15(18)17-12-16(10-6-11-16)13-8-4-5-9-14(13)19-2/h4-5,8-9H,3,6-7,10-12H2,1-2H3,(H,17,18). The van der Waals surface area contributed by atoms with Gasteiger partial charge in [0.1, 0.15) is 5.75 Å². The number of hydrogen-bond acceptors (Lipinski definition) is 2. The third kappa shape index (κ3) is 2.91. The van der Waals surface area contributed by atoms with Gasteiger partial charge in [-0.15, -0.1) is 0 Å². The zero-order valence-electron chi connectivity index (χ0n) is 11.9. The molecular formula is C16H23NO2. The molecule has 1 aliphatic carbocycles. The molecule has 1 aromatic rings. The highest BCUT2D eigenvalue weighted by Gasteiger charge is 2.40. The van der Waals surface area contributed by atoms with Gasteiger partial charge in [0.2, 0.25) is 5.91 Å². The van der Waals surface area contributed by atoms with Gasteiger partial charge in [0, 0.05) is 23.9 Å². The Bertz CT molecular complexity index is 438. The van der Waals surface area contributed by atoms with Crippen LogP contribution in [0.2, 0.25) is 0 Å². The van der Waals surface area contributed by atoms with E-state index in [1.54, 1.807) is 7.11 Å². The molecule has 0 atom stereocenters. The van der Waals surface area contributed by atoms with E-state index in [0.29, 0.717) is 6.42 Å². The van der Waals surface area contributed by atoms with Crippen molar-refractivity contribution >= 4 is 5.91 Å². The fraction of sp³-hybridized carbons (Fsp3) is 0.562. The predicted octanol–water partition coefficient (Wildman–Crippen LogP) is 3.03. The van der Waals surface area contributed by atoms with Crippen molar-refractivity contribution in [2.45, 2.75) is 44.4 Å². The van der Waals surface area contributed by atoms with Gasteiger partial charge in [-0.25, -0.2) is 0 Å². The third-order valence-corrected chi connectivity index (χ3v) is 4.09. The van der Waals surface area contributed by atoms with E-state index < -0.39 is 0 Å². The first-order valence-corrected chi connectivity index (χ1v) is 7.12. The van der Waals surface area contributed by atoms with E-state index in [2.05, 4.69) is 11.4 Å². The van der Waals surface area contributed by atoms with Crippen LogP contribution >= 0.6 is 0 Å². The lowest BCUT2D eigenvalue weighted by atomic mass is 9.64. The molecule has 0 bridgehead atoms. The topological polar surface area (TPSA) is 38.3 Å². The molecule has 3 nitrogen and oxygen atoms in total. The van der Waals surface area contributed by atoms with Gasteiger partial charge in [-0.2, -0.15) is 0 Å². The summed E-state index contributed by atoms with van der Waals surface area (Å²) in [7, 11) is 1.71. The number of methoxy groups -OCH3 is 1. The molecule has 0 aromatic heterocycles. The number of nitrogens with one attached hydrogen (secondary N) is 1. The minimum absolute atomic E-state index is 0.0794. The molecule has 1 amide bonds. The Hall–Kier alpha value is -1.51. The van der Waals surface area contributed by atoms with Gasteiger partial charge in [0.05, 0.1) is 7.11 Å². The van der Waals surface area contributed by atoms with Gasteiger partial charge in [0.25, 0.3) is 0 Å². The van der Waals surface area contributed by atoms with Gasteiger partial charge in [-0.3, -0.25) is 4.79 Å². The number of hydrogen-bond donors (Lipinski definition) is 1. The van der Waals surface area contributed by atoms with Gasteiger partial charge < -0.3 is 10.1 Å². The van der Waals surface area contributed by atoms with Crippen molar-refractivity contribution < 1.29 is 9.53 Å². The van der Waals surface area contributed by atoms with E-state index >= 15 is 0 Å². The molecule has 0 unspecified atom stereocenters. The molecule has 3 heteroatoms. The quantitative estimate of drug-likeness (QED) is 0.854. The molecule has 0 spiro atoms. The molecule has 0 heterocycles. The highest BCUT2D eigenvalue weighted by atomic mass is 16.5. The van der Waals surface area contributed by atoms with Crippen molar-refractivity contribution in [1.82, 2.24) is 5.32 Å². The molecule has 1 aromatic carbocycles. The first kappa shape index (κ1) is 13.9. The molecule has 0 aliphatic heterocycles. The Kier molecular flexibility index (Phi) is 4.46. The first-order chi connectivity index (χ1) is 9.22. The van der Waals surface area contributed by atoms with Crippen molar-refractivity contribution in [2.24, 2.45) is 0 Å². The number of carbonyl (C=O) groups excluding carboxylic acids is 1. The molecule has 0 radical (unpaired) electrons. The van der Waals surface area contributed by atoms with Gasteiger partial charge in [-0.1, -0.05) is 31.5 Å². The Morgan fingerprint density at radius 3 is 2.68 bits per heavy atom. The average Bonchev–Trinajstić information content (AvgIpc) is 2.38. The van der Waals surface area contributed by atoms with Crippen LogP contribution in [-0.4, -0.2) is 19.6 Å². The fourth-order valence-corrected chi connectivity index (χ4v) is 2.81. The summed E-state index contributed by atoms with van der Waals surface area (Å²) in [6.07, 6.45) is 4.98. The summed E-state index contributed by atoms with van der Waals surface area (Å²) in [6.45, 7) is 2.76. The second kappa shape index (κ2) is 6.09. The van der Waals surface area contributed by atoms with Crippen molar-refractivity contribution in [3.8, 4) is 5.75 Å². The maximum atomic E-state index is 11.7. The van der Waals surface area contributed by atoms with Crippen molar-refractivity contribution in [3.63, 3.8) is 0 Å². The number of amides is 1. The van der Waals surface area contributed by atoms with E-state index in [4.69, 9.17) is 4.74 Å². The molecule has 1 aliphatic rings. The zero-order chi connectivity index (χ0) is 13.7. The van der Waals surface area contributed by atoms with Crippen molar-refractivity contribution in [2.75, 3.05) is 13.7 Å². The Morgan fingerprint density at radius 2 is 2.11 bits per heavy atom. The van der Waals surface area contributed by atoms with Crippen LogP contribution in [0.4, 0.5) is 0 Å². The number of para-hydroxylation sites is 1. The number of rotatable bonds is 6. The smallest absolute Gasteiger partial charge is 0.220 e. The first-order valence-electron chi connectivity index (χ1n) is 7.12. The van der Waals surface area contributed by atoms with Crippen LogP contribution in [-0.2, 0) is 10.2 Å². The molecule has 2 rings (SSSR count). The van der Waals surface area contributed by atoms with Crippen molar-refractivity contribution in [3.05, 3.63) is 29.8 Å². The molecule has 1 saturated carbocycles. The maximum Gasteiger partial charge on any atom is 0.220 e. The summed E-state index contributed by atoms with van der Waals surface area (Å²) in [6, 6.07) is 8.17. The normalized spacial score (nSPS) is 16.5. The Balaban J connectivity index is 2.11. The van der Waals surface area contributed by atoms with Gasteiger partial charge >= 0.3 is 0 Å². The predicted molar refractivity (Wildman–Crippen MR) is 76.4 cm³/mol. The molecule has 104 valence electrons. The maximum absolute atomic E-state index is 11.7. The van der Waals surface area contributed by atoms with Gasteiger partial charge in [0.15, 0.2) is 0 Å². The summed E-state index contributed by atoms with van der Waals surface area (Å²) in [4.78, 5) is 11.7. The average molecular weight is 261 g/mol. The van der Waals surface area contributed by atoms with Crippen LogP contribution in [0, 0.1) is 0 Å². The lowest BCUT2D eigenvalue weighted by Crippen LogP contribution is -2.45. The summed E-state index contributed by atoms with van der Waals surface area (Å²) in [5.41, 5.74) is 1.32. The van der Waals surface area contributed by atoms with E-state index in [1.807, 2.05) is 25.1 Å². The molecule has 0 saturated heterocycles. The monoisotopic (exact) mass is 261 g/mol. The highest BCUT2D eigenvalue weighted by molar-refractivity contribution is 5.76. The van der Waals surface area contributed by atoms with Crippen molar-refractivity contribution in [1.29, 1.82) is 0 Å². The SMILES string of the molecule is CCCC(=O)NCC1(c2ccccc2OC)CCC1. The van der Waals surface area contributed by atoms with E-state index in [0.717, 1.165) is 31.6 Å². The lowest BCUT2D eigenvalue weighted by molar-refractivity contribution is -0.121. The molecular weight excluding hydrogens is 238 g/mol. The van der Waals surface area contributed by atoms with Crippen LogP contribution in [0.1, 0.15) is 44.6 Å². The van der Waals surface area contributed by atoms with Crippen LogP contribution in [0.5, 0.6) is 5.75 Å². The highest BCUT2D eigenvalue weighted by Crippen LogP contribution is 2.46. The summed E-state index contributed by atoms with van der Waals surface area (Å²) >= 11 is 0. The summed E-state index contributed by atoms with van der Waals surface area (Å²) < 4.78 is 5.47. The number of carbonyl (C=O) groups is 1. The largest absolute Gasteiger partial charge is 0.496 e. The fourth-order valence-electron chi connectivity index (χ4n) is 2.81. The second-order valence-electron chi connectivity index (χ2n) is 5.36. The van der Waals surface area contributed by atoms with Crippen LogP contribution in [0.3, 0.4) is 0 Å². The Morgan fingerprint density at radius 1 is 1.37 bits per heavy atom. The van der Waals surface area contributed by atoms with Crippen LogP contribution < -0.4 is 10.1 Å². The minimum atomic E-state index is 0.0794. The molecule has 1 N–H and O–H groups in total. The molecule has 19 heavy (non-hydrogen) atoms. The zero-order valence-corrected chi connectivity index (χ0v) is 11.9.